The normalized spacial score (nSPS) is 12.2. The first-order chi connectivity index (χ1) is 59.5. The maximum atomic E-state index is 5.70. The number of fused-ring (bicyclic) bond motifs is 31. The van der Waals surface area contributed by atoms with Gasteiger partial charge in [-0.15, -0.1) is 22.7 Å². The van der Waals surface area contributed by atoms with Gasteiger partial charge in [-0.25, -0.2) is 9.97 Å². The summed E-state index contributed by atoms with van der Waals surface area (Å²) >= 11 is 3.83. The average molecular weight is 1560 g/mol. The summed E-state index contributed by atoms with van der Waals surface area (Å²) in [7, 11) is 0. The molecule has 0 fully saturated rings. The van der Waals surface area contributed by atoms with Crippen molar-refractivity contribution in [3.63, 3.8) is 0 Å². The highest BCUT2D eigenvalue weighted by Gasteiger charge is 2.29. The van der Waals surface area contributed by atoms with Gasteiger partial charge in [0.25, 0.3) is 0 Å². The van der Waals surface area contributed by atoms with Crippen molar-refractivity contribution >= 4 is 215 Å². The van der Waals surface area contributed by atoms with E-state index in [-0.39, 0.29) is 0 Å². The van der Waals surface area contributed by atoms with Gasteiger partial charge in [-0.05, 0) is 146 Å². The number of hydrogen-bond acceptors (Lipinski definition) is 4. The van der Waals surface area contributed by atoms with Crippen LogP contribution in [0.3, 0.4) is 0 Å². The van der Waals surface area contributed by atoms with Gasteiger partial charge in [-0.1, -0.05) is 303 Å². The molecule has 120 heavy (non-hydrogen) atoms. The first-order valence-corrected chi connectivity index (χ1v) is 42.6. The SMILES string of the molecule is c1ccc(-c2ccc(-c3nc(-n4c5ccc(-c6ccccc6)cc5c5c6c7cc8c9ccccc9n(-c9ccccc9)c8cc7sc6c6ccccc6c54)nc4c3ccc3ccccc34)cc2)cc1.c1ccc2cc(-n3c4ccccc4c4cc5c(cc43)sc3c4ccccc4c4c(c6ccccc6n4-c4ccc6ccccc6c4)c53)ccc2c1. The lowest BCUT2D eigenvalue weighted by atomic mass is 9.97. The summed E-state index contributed by atoms with van der Waals surface area (Å²) in [5, 5.41) is 28.5. The number of hydrogen-bond donors (Lipinski definition) is 0. The van der Waals surface area contributed by atoms with Crippen molar-refractivity contribution in [2.24, 2.45) is 0 Å². The van der Waals surface area contributed by atoms with Gasteiger partial charge in [0.2, 0.25) is 5.95 Å². The number of nitrogens with zero attached hydrogens (tertiary/aromatic N) is 6. The van der Waals surface area contributed by atoms with Crippen LogP contribution in [0.5, 0.6) is 0 Å². The molecule has 0 aliphatic carbocycles. The van der Waals surface area contributed by atoms with Crippen LogP contribution in [-0.4, -0.2) is 28.2 Å². The quantitative estimate of drug-likeness (QED) is 0.149. The predicted molar refractivity (Wildman–Crippen MR) is 513 cm³/mol. The maximum absolute atomic E-state index is 5.70. The van der Waals surface area contributed by atoms with Gasteiger partial charge in [-0.2, -0.15) is 0 Å². The van der Waals surface area contributed by atoms with Crippen LogP contribution < -0.4 is 0 Å². The molecule has 0 radical (unpaired) electrons. The number of para-hydroxylation sites is 4. The van der Waals surface area contributed by atoms with E-state index in [1.165, 1.54) is 193 Å². The Bertz CT molecular complexity index is 9040. The lowest BCUT2D eigenvalue weighted by Crippen LogP contribution is -2.04. The van der Waals surface area contributed by atoms with Crippen molar-refractivity contribution < 1.29 is 0 Å². The van der Waals surface area contributed by atoms with Crippen molar-refractivity contribution in [1.29, 1.82) is 0 Å². The van der Waals surface area contributed by atoms with E-state index in [1.54, 1.807) is 0 Å². The highest BCUT2D eigenvalue weighted by Crippen LogP contribution is 2.53. The highest BCUT2D eigenvalue weighted by atomic mass is 32.1. The Kier molecular flexibility index (Phi) is 14.5. The molecule has 7 heterocycles. The topological polar surface area (TPSA) is 45.5 Å². The number of benzene rings is 20. The second-order valence-electron chi connectivity index (χ2n) is 31.8. The Morgan fingerprint density at radius 1 is 0.192 bits per heavy atom. The molecule has 7 aromatic heterocycles. The molecule has 0 unspecified atom stereocenters. The minimum absolute atomic E-state index is 0.644. The monoisotopic (exact) mass is 1560 g/mol. The van der Waals surface area contributed by atoms with Crippen molar-refractivity contribution in [2.75, 3.05) is 0 Å². The van der Waals surface area contributed by atoms with Crippen molar-refractivity contribution in [2.45, 2.75) is 0 Å². The van der Waals surface area contributed by atoms with Gasteiger partial charge >= 0.3 is 0 Å². The summed E-state index contributed by atoms with van der Waals surface area (Å²) in [5.74, 6) is 0.644. The van der Waals surface area contributed by atoms with Gasteiger partial charge in [0.05, 0.1) is 55.3 Å². The van der Waals surface area contributed by atoms with E-state index in [4.69, 9.17) is 9.97 Å². The molecule has 6 nitrogen and oxygen atoms in total. The smallest absolute Gasteiger partial charge is 0.235 e. The fraction of sp³-hybridized carbons (Fsp3) is 0. The van der Waals surface area contributed by atoms with E-state index in [2.05, 4.69) is 419 Å². The molecule has 27 aromatic rings. The molecule has 0 aliphatic heterocycles. The lowest BCUT2D eigenvalue weighted by Gasteiger charge is -2.14. The average Bonchev–Trinajstić information content (AvgIpc) is 1.53. The van der Waals surface area contributed by atoms with Crippen LogP contribution in [0.1, 0.15) is 0 Å². The molecular formula is C112H66N6S2. The largest absolute Gasteiger partial charge is 0.309 e. The van der Waals surface area contributed by atoms with Gasteiger partial charge in [-0.3, -0.25) is 4.57 Å². The third-order valence-electron chi connectivity index (χ3n) is 25.3. The van der Waals surface area contributed by atoms with Crippen LogP contribution in [0.15, 0.2) is 400 Å². The number of thiophene rings is 2. The highest BCUT2D eigenvalue weighted by molar-refractivity contribution is 7.27. The summed E-state index contributed by atoms with van der Waals surface area (Å²) in [6.45, 7) is 0. The third-order valence-corrected chi connectivity index (χ3v) is 27.7. The molecule has 0 aliphatic rings. The second-order valence-corrected chi connectivity index (χ2v) is 33.9. The molecule has 0 bridgehead atoms. The Morgan fingerprint density at radius 2 is 0.600 bits per heavy atom. The Balaban J connectivity index is 0.000000136. The van der Waals surface area contributed by atoms with Crippen LogP contribution in [0.2, 0.25) is 0 Å². The van der Waals surface area contributed by atoms with E-state index in [9.17, 15) is 0 Å². The van der Waals surface area contributed by atoms with Crippen molar-refractivity contribution in [3.05, 3.63) is 400 Å². The molecule has 0 atom stereocenters. The fourth-order valence-corrected chi connectivity index (χ4v) is 22.5. The zero-order valence-electron chi connectivity index (χ0n) is 64.6. The predicted octanol–water partition coefficient (Wildman–Crippen LogP) is 31.2. The van der Waals surface area contributed by atoms with E-state index in [0.717, 1.165) is 49.7 Å². The van der Waals surface area contributed by atoms with Crippen LogP contribution in [0.25, 0.3) is 249 Å². The van der Waals surface area contributed by atoms with E-state index >= 15 is 0 Å². The molecular weight excluding hydrogens is 1490 g/mol. The molecule has 0 saturated carbocycles. The Morgan fingerprint density at radius 3 is 1.18 bits per heavy atom. The fourth-order valence-electron chi connectivity index (χ4n) is 20.0. The standard InChI is InChI=1S/C64H38N4S.C48H28N2S/c1-4-16-39(17-5-1)41-28-30-43(31-29-41)60-50-34-32-42-20-10-11-23-46(42)61(50)66-64(65-60)68-55-35-33-44(40-18-6-2-7-19-40)36-52(55)58-59-53-37-51-47-24-14-15-27-54(47)67(45-21-8-3-9-22-45)56(51)38-57(53)69-63(59)49-26-13-12-25-48(49)62(58)68;1-3-13-31-25-33(23-21-29(31)11-1)49-41-19-9-7-15-35(41)39-27-40-44(28-43(39)49)51-48-37-17-6-5-16-36(37)47-45(46(40)48)38-18-8-10-20-42(38)50(47)34-24-22-30-12-2-4-14-32(30)26-34/h1-38H;1-28H. The van der Waals surface area contributed by atoms with Gasteiger partial charge in [0, 0.05) is 138 Å². The summed E-state index contributed by atoms with van der Waals surface area (Å²) < 4.78 is 15.0. The lowest BCUT2D eigenvalue weighted by molar-refractivity contribution is 1.02. The molecule has 556 valence electrons. The Hall–Kier alpha value is -15.3. The van der Waals surface area contributed by atoms with E-state index < -0.39 is 0 Å². The summed E-state index contributed by atoms with van der Waals surface area (Å²) in [6, 6.07) is 146. The first-order valence-electron chi connectivity index (χ1n) is 41.0. The van der Waals surface area contributed by atoms with E-state index in [1.807, 2.05) is 22.7 Å². The van der Waals surface area contributed by atoms with Crippen LogP contribution >= 0.6 is 22.7 Å². The second kappa shape index (κ2) is 26.1. The molecule has 20 aromatic carbocycles. The maximum Gasteiger partial charge on any atom is 0.235 e. The number of rotatable bonds is 7. The summed E-state index contributed by atoms with van der Waals surface area (Å²) in [5.41, 5.74) is 20.6. The zero-order valence-corrected chi connectivity index (χ0v) is 66.2. The molecule has 8 heteroatoms. The molecule has 0 amide bonds. The van der Waals surface area contributed by atoms with Crippen LogP contribution in [0.4, 0.5) is 0 Å². The van der Waals surface area contributed by atoms with Crippen LogP contribution in [-0.2, 0) is 0 Å². The minimum atomic E-state index is 0.644. The Labute approximate surface area is 695 Å². The molecule has 0 saturated heterocycles. The molecule has 0 N–H and O–H groups in total. The number of aromatic nitrogens is 6. The van der Waals surface area contributed by atoms with E-state index in [0.29, 0.717) is 5.95 Å². The van der Waals surface area contributed by atoms with Crippen molar-refractivity contribution in [3.8, 4) is 56.5 Å². The van der Waals surface area contributed by atoms with Crippen LogP contribution in [0, 0.1) is 0 Å². The van der Waals surface area contributed by atoms with Gasteiger partial charge < -0.3 is 13.7 Å². The zero-order chi connectivity index (χ0) is 78.4. The minimum Gasteiger partial charge on any atom is -0.309 e. The summed E-state index contributed by atoms with van der Waals surface area (Å²) in [4.78, 5) is 11.4. The molecule has 27 rings (SSSR count). The first kappa shape index (κ1) is 66.9. The van der Waals surface area contributed by atoms with Gasteiger partial charge in [0.1, 0.15) is 0 Å². The summed E-state index contributed by atoms with van der Waals surface area (Å²) in [6.07, 6.45) is 0. The van der Waals surface area contributed by atoms with Gasteiger partial charge in [0.15, 0.2) is 0 Å². The van der Waals surface area contributed by atoms with Crippen molar-refractivity contribution in [1.82, 2.24) is 28.2 Å². The molecule has 0 spiro atoms. The third kappa shape index (κ3) is 9.95.